The van der Waals surface area contributed by atoms with Crippen LogP contribution in [0.4, 0.5) is 4.79 Å². The second kappa shape index (κ2) is 8.26. The lowest BCUT2D eigenvalue weighted by molar-refractivity contribution is 0.0995. The van der Waals surface area contributed by atoms with Crippen molar-refractivity contribution in [2.45, 2.75) is 38.6 Å². The first-order valence-electron chi connectivity index (χ1n) is 8.74. The van der Waals surface area contributed by atoms with Crippen molar-refractivity contribution in [3.05, 3.63) is 28.0 Å². The van der Waals surface area contributed by atoms with Gasteiger partial charge in [0.05, 0.1) is 17.2 Å². The quantitative estimate of drug-likeness (QED) is 0.778. The van der Waals surface area contributed by atoms with E-state index < -0.39 is 5.91 Å². The van der Waals surface area contributed by atoms with Gasteiger partial charge >= 0.3 is 6.03 Å². The molecule has 1 saturated heterocycles. The maximum absolute atomic E-state index is 12.3. The Labute approximate surface area is 155 Å². The number of hydrogen-bond donors (Lipinski definition) is 2. The summed E-state index contributed by atoms with van der Waals surface area (Å²) in [5.74, 6) is -0.584. The summed E-state index contributed by atoms with van der Waals surface area (Å²) >= 11 is 1.70. The number of hydrogen-bond acceptors (Lipinski definition) is 6. The number of likely N-dealkylation sites (tertiary alicyclic amines) is 1. The van der Waals surface area contributed by atoms with Crippen LogP contribution in [0.5, 0.6) is 0 Å². The number of urea groups is 1. The van der Waals surface area contributed by atoms with Crippen LogP contribution in [-0.4, -0.2) is 56.5 Å². The fourth-order valence-corrected chi connectivity index (χ4v) is 3.78. The lowest BCUT2D eigenvalue weighted by Gasteiger charge is -2.31. The zero-order chi connectivity index (χ0) is 18.5. The van der Waals surface area contributed by atoms with Gasteiger partial charge in [-0.3, -0.25) is 4.79 Å². The number of primary amides is 1. The summed E-state index contributed by atoms with van der Waals surface area (Å²) in [6.07, 6.45) is 6.75. The Morgan fingerprint density at radius 1 is 1.38 bits per heavy atom. The zero-order valence-corrected chi connectivity index (χ0v) is 15.5. The van der Waals surface area contributed by atoms with Crippen molar-refractivity contribution in [1.82, 2.24) is 30.2 Å². The van der Waals surface area contributed by atoms with Crippen molar-refractivity contribution in [2.75, 3.05) is 19.6 Å². The number of thiazole rings is 1. The molecule has 1 aliphatic heterocycles. The Bertz CT molecular complexity index is 764. The highest BCUT2D eigenvalue weighted by molar-refractivity contribution is 7.11. The minimum atomic E-state index is -0.584. The molecule has 3 heterocycles. The number of rotatable bonds is 6. The van der Waals surface area contributed by atoms with Gasteiger partial charge in [-0.2, -0.15) is 0 Å². The van der Waals surface area contributed by atoms with E-state index in [0.717, 1.165) is 30.7 Å². The number of aryl methyl sites for hydroxylation is 1. The fourth-order valence-electron chi connectivity index (χ4n) is 2.92. The van der Waals surface area contributed by atoms with Gasteiger partial charge in [-0.05, 0) is 19.3 Å². The molecule has 3 N–H and O–H groups in total. The first-order valence-corrected chi connectivity index (χ1v) is 9.56. The molecule has 1 aliphatic rings. The predicted octanol–water partition coefficient (Wildman–Crippen LogP) is 0.985. The molecule has 0 aromatic carbocycles. The first kappa shape index (κ1) is 18.3. The largest absolute Gasteiger partial charge is 0.364 e. The maximum Gasteiger partial charge on any atom is 0.317 e. The molecule has 9 nitrogen and oxygen atoms in total. The summed E-state index contributed by atoms with van der Waals surface area (Å²) in [7, 11) is 0. The predicted molar refractivity (Wildman–Crippen MR) is 97.0 cm³/mol. The van der Waals surface area contributed by atoms with E-state index in [-0.39, 0.29) is 17.8 Å². The summed E-state index contributed by atoms with van der Waals surface area (Å²) in [5.41, 5.74) is 5.36. The number of nitrogens with one attached hydrogen (secondary N) is 1. The Morgan fingerprint density at radius 2 is 2.15 bits per heavy atom. The zero-order valence-electron chi connectivity index (χ0n) is 14.7. The van der Waals surface area contributed by atoms with E-state index in [1.807, 2.05) is 11.1 Å². The SMILES string of the molecule is CCc1cnc(CCNC(=O)N2CCC(n3cc(C(N)=O)nn3)CC2)s1. The van der Waals surface area contributed by atoms with Gasteiger partial charge in [0.2, 0.25) is 0 Å². The highest BCUT2D eigenvalue weighted by atomic mass is 32.1. The second-order valence-corrected chi connectivity index (χ2v) is 7.42. The molecule has 0 radical (unpaired) electrons. The molecule has 10 heteroatoms. The van der Waals surface area contributed by atoms with Crippen molar-refractivity contribution in [3.8, 4) is 0 Å². The van der Waals surface area contributed by atoms with Crippen LogP contribution in [0.25, 0.3) is 0 Å². The van der Waals surface area contributed by atoms with E-state index in [2.05, 4.69) is 27.5 Å². The summed E-state index contributed by atoms with van der Waals surface area (Å²) in [6, 6.07) is 0.0783. The molecule has 26 heavy (non-hydrogen) atoms. The molecular weight excluding hydrogens is 354 g/mol. The minimum Gasteiger partial charge on any atom is -0.364 e. The molecule has 2 aromatic heterocycles. The average Bonchev–Trinajstić information content (AvgIpc) is 3.31. The van der Waals surface area contributed by atoms with Gasteiger partial charge in [0, 0.05) is 37.1 Å². The third-order valence-corrected chi connectivity index (χ3v) is 5.65. The first-order chi connectivity index (χ1) is 12.6. The van der Waals surface area contributed by atoms with Gasteiger partial charge < -0.3 is 16.0 Å². The molecular formula is C16H23N7O2S. The van der Waals surface area contributed by atoms with E-state index in [1.165, 1.54) is 4.88 Å². The minimum absolute atomic E-state index is 0.0489. The van der Waals surface area contributed by atoms with Crippen molar-refractivity contribution >= 4 is 23.3 Å². The Balaban J connectivity index is 1.42. The fraction of sp³-hybridized carbons (Fsp3) is 0.562. The Hall–Kier alpha value is -2.49. The van der Waals surface area contributed by atoms with Gasteiger partial charge in [-0.25, -0.2) is 14.5 Å². The molecule has 0 bridgehead atoms. The van der Waals surface area contributed by atoms with E-state index >= 15 is 0 Å². The third kappa shape index (κ3) is 4.37. The highest BCUT2D eigenvalue weighted by Crippen LogP contribution is 2.21. The molecule has 140 valence electrons. The summed E-state index contributed by atoms with van der Waals surface area (Å²) < 4.78 is 1.67. The lowest BCUT2D eigenvalue weighted by atomic mass is 10.1. The molecule has 2 aromatic rings. The van der Waals surface area contributed by atoms with Gasteiger partial charge in [-0.15, -0.1) is 16.4 Å². The number of carbonyl (C=O) groups is 2. The van der Waals surface area contributed by atoms with Crippen LogP contribution in [-0.2, 0) is 12.8 Å². The lowest BCUT2D eigenvalue weighted by Crippen LogP contribution is -2.45. The van der Waals surface area contributed by atoms with Crippen molar-refractivity contribution in [2.24, 2.45) is 5.73 Å². The van der Waals surface area contributed by atoms with Crippen LogP contribution >= 0.6 is 11.3 Å². The number of amides is 3. The number of aromatic nitrogens is 4. The molecule has 1 fully saturated rings. The molecule has 0 atom stereocenters. The molecule has 0 unspecified atom stereocenters. The average molecular weight is 377 g/mol. The van der Waals surface area contributed by atoms with Gasteiger partial charge in [-0.1, -0.05) is 12.1 Å². The number of carbonyl (C=O) groups excluding carboxylic acids is 2. The summed E-state index contributed by atoms with van der Waals surface area (Å²) in [6.45, 7) is 3.97. The van der Waals surface area contributed by atoms with Gasteiger partial charge in [0.1, 0.15) is 0 Å². The molecule has 3 rings (SSSR count). The molecule has 0 spiro atoms. The third-order valence-electron chi connectivity index (χ3n) is 4.45. The van der Waals surface area contributed by atoms with Crippen molar-refractivity contribution < 1.29 is 9.59 Å². The van der Waals surface area contributed by atoms with Gasteiger partial charge in [0.25, 0.3) is 5.91 Å². The summed E-state index contributed by atoms with van der Waals surface area (Å²) in [4.78, 5) is 30.8. The Kier molecular flexibility index (Phi) is 5.82. The van der Waals surface area contributed by atoms with E-state index in [9.17, 15) is 9.59 Å². The van der Waals surface area contributed by atoms with Crippen LogP contribution in [0, 0.1) is 0 Å². The number of nitrogens with two attached hydrogens (primary N) is 1. The van der Waals surface area contributed by atoms with Crippen LogP contribution in [0.2, 0.25) is 0 Å². The summed E-state index contributed by atoms with van der Waals surface area (Å²) in [5, 5.41) is 11.7. The van der Waals surface area contributed by atoms with Gasteiger partial charge in [0.15, 0.2) is 5.69 Å². The monoisotopic (exact) mass is 377 g/mol. The van der Waals surface area contributed by atoms with Crippen molar-refractivity contribution in [1.29, 1.82) is 0 Å². The molecule has 3 amide bonds. The molecule has 0 aliphatic carbocycles. The van der Waals surface area contributed by atoms with Crippen LogP contribution < -0.4 is 11.1 Å². The van der Waals surface area contributed by atoms with Crippen LogP contribution in [0.1, 0.15) is 46.2 Å². The van der Waals surface area contributed by atoms with E-state index in [4.69, 9.17) is 5.73 Å². The second-order valence-electron chi connectivity index (χ2n) is 6.22. The smallest absolute Gasteiger partial charge is 0.317 e. The van der Waals surface area contributed by atoms with Crippen LogP contribution in [0.15, 0.2) is 12.4 Å². The van der Waals surface area contributed by atoms with E-state index in [1.54, 1.807) is 22.2 Å². The van der Waals surface area contributed by atoms with Crippen molar-refractivity contribution in [3.63, 3.8) is 0 Å². The number of piperidine rings is 1. The molecule has 0 saturated carbocycles. The normalized spacial score (nSPS) is 15.2. The standard InChI is InChI=1S/C16H23N7O2S/c1-2-12-9-19-14(26-12)3-6-18-16(25)22-7-4-11(5-8-22)23-10-13(15(17)24)20-21-23/h9-11H,2-8H2,1H3,(H2,17,24)(H,18,25). The van der Waals surface area contributed by atoms with E-state index in [0.29, 0.717) is 19.6 Å². The Morgan fingerprint density at radius 3 is 2.77 bits per heavy atom. The maximum atomic E-state index is 12.3. The number of nitrogens with zero attached hydrogens (tertiary/aromatic N) is 5. The topological polar surface area (TPSA) is 119 Å². The highest BCUT2D eigenvalue weighted by Gasteiger charge is 2.25. The van der Waals surface area contributed by atoms with Crippen LogP contribution in [0.3, 0.4) is 0 Å².